The quantitative estimate of drug-likeness (QED) is 0.330. The number of nitrogens with zero attached hydrogens (tertiary/aromatic N) is 1. The first kappa shape index (κ1) is 14.4. The van der Waals surface area contributed by atoms with E-state index in [0.717, 1.165) is 12.1 Å². The molecule has 0 atom stereocenters. The Bertz CT molecular complexity index is 476. The molecule has 2 rings (SSSR count). The normalized spacial score (nSPS) is 16.3. The number of nitrogens with two attached hydrogens (primary N) is 1. The molecule has 4 N–H and O–H groups in total. The van der Waals surface area contributed by atoms with Gasteiger partial charge in [-0.05, 0) is 24.3 Å². The molecule has 1 amide bonds. The van der Waals surface area contributed by atoms with Gasteiger partial charge in [0.05, 0.1) is 6.42 Å². The second-order valence-electron chi connectivity index (χ2n) is 5.31. The van der Waals surface area contributed by atoms with Crippen molar-refractivity contribution in [1.29, 1.82) is 0 Å². The van der Waals surface area contributed by atoms with Gasteiger partial charge in [0.1, 0.15) is 0 Å². The molecule has 5 heteroatoms. The van der Waals surface area contributed by atoms with Crippen molar-refractivity contribution in [3.8, 4) is 0 Å². The molecule has 0 unspecified atom stereocenters. The molecule has 0 bridgehead atoms. The first-order valence-corrected chi connectivity index (χ1v) is 7.02. The molecule has 0 heterocycles. The zero-order valence-electron chi connectivity index (χ0n) is 11.5. The van der Waals surface area contributed by atoms with Gasteiger partial charge in [-0.25, -0.2) is 0 Å². The van der Waals surface area contributed by atoms with Crippen molar-refractivity contribution >= 4 is 11.7 Å². The van der Waals surface area contributed by atoms with E-state index in [0.29, 0.717) is 17.9 Å². The van der Waals surface area contributed by atoms with E-state index in [9.17, 15) is 4.79 Å². The van der Waals surface area contributed by atoms with Gasteiger partial charge in [-0.3, -0.25) is 4.79 Å². The van der Waals surface area contributed by atoms with Gasteiger partial charge in [0, 0.05) is 12.1 Å². The van der Waals surface area contributed by atoms with E-state index in [1.54, 1.807) is 12.1 Å². The third-order valence-electron chi connectivity index (χ3n) is 3.78. The topological polar surface area (TPSA) is 87.7 Å². The summed E-state index contributed by atoms with van der Waals surface area (Å²) in [5, 5.41) is 14.5. The summed E-state index contributed by atoms with van der Waals surface area (Å²) >= 11 is 0. The van der Waals surface area contributed by atoms with E-state index in [1.807, 2.05) is 12.1 Å². The van der Waals surface area contributed by atoms with Gasteiger partial charge in [0.15, 0.2) is 5.84 Å². The van der Waals surface area contributed by atoms with Gasteiger partial charge >= 0.3 is 0 Å². The molecular weight excluding hydrogens is 254 g/mol. The van der Waals surface area contributed by atoms with Gasteiger partial charge in [-0.1, -0.05) is 42.3 Å². The minimum absolute atomic E-state index is 0.0495. The second-order valence-corrected chi connectivity index (χ2v) is 5.31. The number of amides is 1. The number of carbonyl (C=O) groups is 1. The Morgan fingerprint density at radius 2 is 1.95 bits per heavy atom. The highest BCUT2D eigenvalue weighted by atomic mass is 16.4. The summed E-state index contributed by atoms with van der Waals surface area (Å²) in [5.74, 6) is 0.776. The molecule has 0 aliphatic heterocycles. The fourth-order valence-corrected chi connectivity index (χ4v) is 2.57. The van der Waals surface area contributed by atoms with Gasteiger partial charge in [0.2, 0.25) is 5.91 Å². The summed E-state index contributed by atoms with van der Waals surface area (Å²) in [7, 11) is 0. The van der Waals surface area contributed by atoms with Crippen molar-refractivity contribution < 1.29 is 10.0 Å². The lowest BCUT2D eigenvalue weighted by molar-refractivity contribution is -0.120. The fraction of sp³-hybridized carbons (Fsp3) is 0.467. The van der Waals surface area contributed by atoms with Gasteiger partial charge in [-0.2, -0.15) is 0 Å². The lowest BCUT2D eigenvalue weighted by Crippen LogP contribution is -2.29. The third-order valence-corrected chi connectivity index (χ3v) is 3.78. The first-order valence-electron chi connectivity index (χ1n) is 7.02. The average Bonchev–Trinajstić information content (AvgIpc) is 2.98. The maximum atomic E-state index is 11.8. The van der Waals surface area contributed by atoms with Crippen LogP contribution in [-0.4, -0.2) is 23.5 Å². The molecule has 1 saturated carbocycles. The third kappa shape index (κ3) is 3.98. The average molecular weight is 275 g/mol. The number of nitrogens with one attached hydrogen (secondary N) is 1. The Hall–Kier alpha value is -2.04. The highest BCUT2D eigenvalue weighted by molar-refractivity contribution is 5.97. The van der Waals surface area contributed by atoms with E-state index in [-0.39, 0.29) is 11.7 Å². The molecular formula is C15H21N3O2. The molecule has 0 aromatic heterocycles. The number of benzene rings is 1. The van der Waals surface area contributed by atoms with Crippen LogP contribution in [0.25, 0.3) is 0 Å². The zero-order valence-corrected chi connectivity index (χ0v) is 11.5. The molecule has 108 valence electrons. The Balaban J connectivity index is 1.81. The van der Waals surface area contributed by atoms with E-state index in [4.69, 9.17) is 10.9 Å². The van der Waals surface area contributed by atoms with E-state index in [2.05, 4.69) is 10.5 Å². The fourth-order valence-electron chi connectivity index (χ4n) is 2.57. The summed E-state index contributed by atoms with van der Waals surface area (Å²) in [5.41, 5.74) is 7.04. The van der Waals surface area contributed by atoms with Crippen molar-refractivity contribution in [3.05, 3.63) is 35.4 Å². The molecule has 1 fully saturated rings. The van der Waals surface area contributed by atoms with E-state index < -0.39 is 0 Å². The predicted octanol–water partition coefficient (Wildman–Crippen LogP) is 1.63. The summed E-state index contributed by atoms with van der Waals surface area (Å²) in [4.78, 5) is 11.8. The van der Waals surface area contributed by atoms with Gasteiger partial charge in [0.25, 0.3) is 0 Å². The zero-order chi connectivity index (χ0) is 14.4. The van der Waals surface area contributed by atoms with Crippen LogP contribution < -0.4 is 11.1 Å². The largest absolute Gasteiger partial charge is 0.409 e. The number of hydrogen-bond donors (Lipinski definition) is 3. The molecule has 1 aromatic rings. The van der Waals surface area contributed by atoms with Crippen LogP contribution in [0.4, 0.5) is 0 Å². The standard InChI is InChI=1S/C15H21N3O2/c16-15(18-20)13-7-5-11(6-8-13)9-14(19)17-10-12-3-1-2-4-12/h5-8,12,20H,1-4,9-10H2,(H2,16,18)(H,17,19). The number of amidine groups is 1. The van der Waals surface area contributed by atoms with Crippen LogP contribution in [0.5, 0.6) is 0 Å². The number of rotatable bonds is 5. The summed E-state index contributed by atoms with van der Waals surface area (Å²) in [6.45, 7) is 0.793. The molecule has 5 nitrogen and oxygen atoms in total. The van der Waals surface area contributed by atoms with Crippen LogP contribution in [0, 0.1) is 5.92 Å². The maximum absolute atomic E-state index is 11.8. The monoisotopic (exact) mass is 275 g/mol. The van der Waals surface area contributed by atoms with Gasteiger partial charge < -0.3 is 16.3 Å². The van der Waals surface area contributed by atoms with Crippen molar-refractivity contribution in [2.75, 3.05) is 6.54 Å². The molecule has 20 heavy (non-hydrogen) atoms. The lowest BCUT2D eigenvalue weighted by Gasteiger charge is -2.10. The highest BCUT2D eigenvalue weighted by Crippen LogP contribution is 2.23. The van der Waals surface area contributed by atoms with Crippen LogP contribution in [0.2, 0.25) is 0 Å². The van der Waals surface area contributed by atoms with E-state index >= 15 is 0 Å². The minimum atomic E-state index is 0.0495. The molecule has 0 radical (unpaired) electrons. The van der Waals surface area contributed by atoms with Crippen LogP contribution in [0.1, 0.15) is 36.8 Å². The lowest BCUT2D eigenvalue weighted by atomic mass is 10.1. The number of carbonyl (C=O) groups excluding carboxylic acids is 1. The molecule has 0 spiro atoms. The predicted molar refractivity (Wildman–Crippen MR) is 77.6 cm³/mol. The SMILES string of the molecule is NC(=NO)c1ccc(CC(=O)NCC2CCCC2)cc1. The van der Waals surface area contributed by atoms with Crippen LogP contribution in [0.3, 0.4) is 0 Å². The molecule has 1 aromatic carbocycles. The summed E-state index contributed by atoms with van der Waals surface area (Å²) in [6, 6.07) is 7.13. The Morgan fingerprint density at radius 1 is 1.30 bits per heavy atom. The Kier molecular flexibility index (Phi) is 4.98. The smallest absolute Gasteiger partial charge is 0.224 e. The summed E-state index contributed by atoms with van der Waals surface area (Å²) in [6.07, 6.45) is 5.40. The first-order chi connectivity index (χ1) is 9.69. The van der Waals surface area contributed by atoms with Crippen molar-refractivity contribution in [3.63, 3.8) is 0 Å². The van der Waals surface area contributed by atoms with Crippen molar-refractivity contribution in [2.45, 2.75) is 32.1 Å². The van der Waals surface area contributed by atoms with Crippen molar-refractivity contribution in [1.82, 2.24) is 5.32 Å². The maximum Gasteiger partial charge on any atom is 0.224 e. The second kappa shape index (κ2) is 6.93. The van der Waals surface area contributed by atoms with Crippen LogP contribution >= 0.6 is 0 Å². The van der Waals surface area contributed by atoms with Gasteiger partial charge in [-0.15, -0.1) is 0 Å². The molecule has 0 saturated heterocycles. The van der Waals surface area contributed by atoms with E-state index in [1.165, 1.54) is 25.7 Å². The number of hydrogen-bond acceptors (Lipinski definition) is 3. The molecule has 1 aliphatic carbocycles. The van der Waals surface area contributed by atoms with Crippen LogP contribution in [-0.2, 0) is 11.2 Å². The van der Waals surface area contributed by atoms with Crippen LogP contribution in [0.15, 0.2) is 29.4 Å². The molecule has 1 aliphatic rings. The highest BCUT2D eigenvalue weighted by Gasteiger charge is 2.15. The van der Waals surface area contributed by atoms with Crippen molar-refractivity contribution in [2.24, 2.45) is 16.8 Å². The summed E-state index contributed by atoms with van der Waals surface area (Å²) < 4.78 is 0. The minimum Gasteiger partial charge on any atom is -0.409 e. The number of oxime groups is 1. The Morgan fingerprint density at radius 3 is 2.55 bits per heavy atom. The Labute approximate surface area is 118 Å².